The first-order chi connectivity index (χ1) is 8.13. The summed E-state index contributed by atoms with van der Waals surface area (Å²) >= 11 is 3.31. The smallest absolute Gasteiger partial charge is 0.224 e. The summed E-state index contributed by atoms with van der Waals surface area (Å²) in [5, 5.41) is 2.81. The van der Waals surface area contributed by atoms with E-state index in [4.69, 9.17) is 4.74 Å². The summed E-state index contributed by atoms with van der Waals surface area (Å²) in [5.74, 6) is -0.00627. The number of carbonyl (C=O) groups excluding carboxylic acids is 1. The molecule has 4 nitrogen and oxygen atoms in total. The summed E-state index contributed by atoms with van der Waals surface area (Å²) < 4.78 is 5.97. The Hall–Kier alpha value is -0.940. The van der Waals surface area contributed by atoms with Gasteiger partial charge in [0, 0.05) is 19.6 Å². The molecule has 0 spiro atoms. The molecule has 0 radical (unpaired) electrons. The fourth-order valence-corrected chi connectivity index (χ4v) is 1.55. The zero-order chi connectivity index (χ0) is 12.7. The summed E-state index contributed by atoms with van der Waals surface area (Å²) in [5.41, 5.74) is 1.73. The van der Waals surface area contributed by atoms with E-state index in [1.165, 1.54) is 0 Å². The summed E-state index contributed by atoms with van der Waals surface area (Å²) in [6.45, 7) is 5.19. The SMILES string of the molecule is CCOCCCC(=O)Nc1cnc(Br)c(C)c1. The second kappa shape index (κ2) is 7.40. The second-order valence-electron chi connectivity index (χ2n) is 3.68. The third kappa shape index (κ3) is 5.28. The van der Waals surface area contributed by atoms with E-state index in [1.807, 2.05) is 19.9 Å². The van der Waals surface area contributed by atoms with Crippen molar-refractivity contribution in [1.29, 1.82) is 0 Å². The van der Waals surface area contributed by atoms with Crippen LogP contribution in [0, 0.1) is 6.92 Å². The third-order valence-electron chi connectivity index (χ3n) is 2.19. The van der Waals surface area contributed by atoms with Crippen LogP contribution in [0.5, 0.6) is 0 Å². The highest BCUT2D eigenvalue weighted by molar-refractivity contribution is 9.10. The first-order valence-corrected chi connectivity index (χ1v) is 6.42. The minimum Gasteiger partial charge on any atom is -0.382 e. The fourth-order valence-electron chi connectivity index (χ4n) is 1.33. The van der Waals surface area contributed by atoms with Gasteiger partial charge in [-0.1, -0.05) is 0 Å². The quantitative estimate of drug-likeness (QED) is 0.649. The van der Waals surface area contributed by atoms with E-state index in [1.54, 1.807) is 6.20 Å². The Labute approximate surface area is 110 Å². The van der Waals surface area contributed by atoms with Crippen molar-refractivity contribution in [2.45, 2.75) is 26.7 Å². The number of hydrogen-bond acceptors (Lipinski definition) is 3. The van der Waals surface area contributed by atoms with Crippen molar-refractivity contribution in [3.8, 4) is 0 Å². The van der Waals surface area contributed by atoms with Crippen LogP contribution in [0.4, 0.5) is 5.69 Å². The molecule has 1 N–H and O–H groups in total. The van der Waals surface area contributed by atoms with E-state index in [0.29, 0.717) is 19.6 Å². The average molecular weight is 301 g/mol. The highest BCUT2D eigenvalue weighted by Crippen LogP contribution is 2.16. The van der Waals surface area contributed by atoms with Crippen molar-refractivity contribution in [3.05, 3.63) is 22.4 Å². The maximum Gasteiger partial charge on any atom is 0.224 e. The number of rotatable bonds is 6. The summed E-state index contributed by atoms with van der Waals surface area (Å²) in [4.78, 5) is 15.7. The van der Waals surface area contributed by atoms with Gasteiger partial charge >= 0.3 is 0 Å². The van der Waals surface area contributed by atoms with Crippen molar-refractivity contribution in [2.75, 3.05) is 18.5 Å². The number of amides is 1. The van der Waals surface area contributed by atoms with Crippen molar-refractivity contribution < 1.29 is 9.53 Å². The lowest BCUT2D eigenvalue weighted by Gasteiger charge is -2.06. The van der Waals surface area contributed by atoms with Crippen molar-refractivity contribution >= 4 is 27.5 Å². The van der Waals surface area contributed by atoms with Crippen LogP contribution in [-0.2, 0) is 9.53 Å². The minimum absolute atomic E-state index is 0.00627. The first kappa shape index (κ1) is 14.1. The van der Waals surface area contributed by atoms with Gasteiger partial charge in [-0.15, -0.1) is 0 Å². The van der Waals surface area contributed by atoms with Crippen LogP contribution >= 0.6 is 15.9 Å². The fraction of sp³-hybridized carbons (Fsp3) is 0.500. The lowest BCUT2D eigenvalue weighted by Crippen LogP contribution is -2.12. The zero-order valence-corrected chi connectivity index (χ0v) is 11.7. The van der Waals surface area contributed by atoms with Crippen LogP contribution in [-0.4, -0.2) is 24.1 Å². The number of aryl methyl sites for hydroxylation is 1. The zero-order valence-electron chi connectivity index (χ0n) is 10.1. The molecule has 94 valence electrons. The third-order valence-corrected chi connectivity index (χ3v) is 3.02. The molecule has 1 amide bonds. The number of carbonyl (C=O) groups is 1. The van der Waals surface area contributed by atoms with Gasteiger partial charge in [0.2, 0.25) is 5.91 Å². The van der Waals surface area contributed by atoms with Crippen LogP contribution in [0.3, 0.4) is 0 Å². The standard InChI is InChI=1S/C12H17BrN2O2/c1-3-17-6-4-5-11(16)15-10-7-9(2)12(13)14-8-10/h7-8H,3-6H2,1-2H3,(H,15,16). The average Bonchev–Trinajstić information content (AvgIpc) is 2.30. The van der Waals surface area contributed by atoms with Gasteiger partial charge in [-0.05, 0) is 47.8 Å². The highest BCUT2D eigenvalue weighted by atomic mass is 79.9. The van der Waals surface area contributed by atoms with E-state index in [9.17, 15) is 4.79 Å². The number of anilines is 1. The van der Waals surface area contributed by atoms with Gasteiger partial charge in [0.1, 0.15) is 4.60 Å². The largest absolute Gasteiger partial charge is 0.382 e. The maximum atomic E-state index is 11.6. The molecule has 0 aliphatic carbocycles. The Morgan fingerprint density at radius 1 is 1.59 bits per heavy atom. The van der Waals surface area contributed by atoms with Gasteiger partial charge in [0.05, 0.1) is 11.9 Å². The molecule has 0 unspecified atom stereocenters. The summed E-state index contributed by atoms with van der Waals surface area (Å²) in [7, 11) is 0. The molecule has 0 atom stereocenters. The van der Waals surface area contributed by atoms with E-state index in [-0.39, 0.29) is 5.91 Å². The van der Waals surface area contributed by atoms with Gasteiger partial charge in [-0.3, -0.25) is 4.79 Å². The van der Waals surface area contributed by atoms with Gasteiger partial charge in [0.15, 0.2) is 0 Å². The Morgan fingerprint density at radius 3 is 3.00 bits per heavy atom. The van der Waals surface area contributed by atoms with Crippen LogP contribution < -0.4 is 5.32 Å². The number of ether oxygens (including phenoxy) is 1. The molecular formula is C12H17BrN2O2. The Morgan fingerprint density at radius 2 is 2.35 bits per heavy atom. The van der Waals surface area contributed by atoms with Gasteiger partial charge < -0.3 is 10.1 Å². The highest BCUT2D eigenvalue weighted by Gasteiger charge is 2.04. The van der Waals surface area contributed by atoms with Gasteiger partial charge in [-0.2, -0.15) is 0 Å². The lowest BCUT2D eigenvalue weighted by atomic mass is 10.2. The molecule has 0 saturated heterocycles. The molecule has 1 rings (SSSR count). The monoisotopic (exact) mass is 300 g/mol. The number of nitrogens with one attached hydrogen (secondary N) is 1. The molecule has 0 bridgehead atoms. The molecule has 0 aromatic carbocycles. The number of hydrogen-bond donors (Lipinski definition) is 1. The van der Waals surface area contributed by atoms with Gasteiger partial charge in [-0.25, -0.2) is 4.98 Å². The van der Waals surface area contributed by atoms with Crippen molar-refractivity contribution in [3.63, 3.8) is 0 Å². The Balaban J connectivity index is 2.37. The topological polar surface area (TPSA) is 51.2 Å². The number of halogens is 1. The minimum atomic E-state index is -0.00627. The normalized spacial score (nSPS) is 10.3. The molecule has 1 aromatic rings. The molecule has 0 aliphatic heterocycles. The van der Waals surface area contributed by atoms with Gasteiger partial charge in [0.25, 0.3) is 0 Å². The van der Waals surface area contributed by atoms with Crippen LogP contribution in [0.2, 0.25) is 0 Å². The summed E-state index contributed by atoms with van der Waals surface area (Å²) in [6.07, 6.45) is 2.84. The van der Waals surface area contributed by atoms with Crippen LogP contribution in [0.25, 0.3) is 0 Å². The van der Waals surface area contributed by atoms with E-state index in [2.05, 4.69) is 26.2 Å². The predicted molar refractivity (Wildman–Crippen MR) is 71.0 cm³/mol. The van der Waals surface area contributed by atoms with Crippen molar-refractivity contribution in [2.24, 2.45) is 0 Å². The van der Waals surface area contributed by atoms with Crippen LogP contribution in [0.15, 0.2) is 16.9 Å². The number of nitrogens with zero attached hydrogens (tertiary/aromatic N) is 1. The molecular weight excluding hydrogens is 284 g/mol. The number of pyridine rings is 1. The molecule has 0 fully saturated rings. The molecule has 17 heavy (non-hydrogen) atoms. The molecule has 0 saturated carbocycles. The molecule has 5 heteroatoms. The Bertz CT molecular complexity index is 383. The molecule has 1 heterocycles. The predicted octanol–water partition coefficient (Wildman–Crippen LogP) is 2.91. The van der Waals surface area contributed by atoms with E-state index < -0.39 is 0 Å². The second-order valence-corrected chi connectivity index (χ2v) is 4.43. The summed E-state index contributed by atoms with van der Waals surface area (Å²) in [6, 6.07) is 1.89. The molecule has 1 aromatic heterocycles. The van der Waals surface area contributed by atoms with E-state index >= 15 is 0 Å². The Kier molecular flexibility index (Phi) is 6.15. The van der Waals surface area contributed by atoms with Crippen molar-refractivity contribution in [1.82, 2.24) is 4.98 Å². The lowest BCUT2D eigenvalue weighted by molar-refractivity contribution is -0.116. The first-order valence-electron chi connectivity index (χ1n) is 5.63. The maximum absolute atomic E-state index is 11.6. The molecule has 0 aliphatic rings. The number of aromatic nitrogens is 1. The van der Waals surface area contributed by atoms with Crippen LogP contribution in [0.1, 0.15) is 25.3 Å². The van der Waals surface area contributed by atoms with E-state index in [0.717, 1.165) is 22.3 Å².